The first-order valence-corrected chi connectivity index (χ1v) is 4.41. The Bertz CT molecular complexity index is 281. The molecule has 0 heterocycles. The third-order valence-corrected chi connectivity index (χ3v) is 2.18. The molecule has 0 unspecified atom stereocenters. The van der Waals surface area contributed by atoms with Crippen LogP contribution in [0.2, 0.25) is 5.02 Å². The molecule has 0 spiro atoms. The van der Waals surface area contributed by atoms with Crippen LogP contribution in [0, 0.1) is 5.92 Å². The minimum absolute atomic E-state index is 0.388. The summed E-state index contributed by atoms with van der Waals surface area (Å²) in [5.74, 6) is -0.388. The first kappa shape index (κ1) is 10.2. The van der Waals surface area contributed by atoms with Gasteiger partial charge in [0.1, 0.15) is 6.29 Å². The summed E-state index contributed by atoms with van der Waals surface area (Å²) in [6.45, 7) is 1.67. The van der Waals surface area contributed by atoms with Gasteiger partial charge in [-0.3, -0.25) is 0 Å². The maximum atomic E-state index is 10.4. The molecule has 1 N–H and O–H groups in total. The maximum Gasteiger partial charge on any atom is 0.125 e. The van der Waals surface area contributed by atoms with Crippen LogP contribution in [-0.4, -0.2) is 11.4 Å². The average Bonchev–Trinajstić information content (AvgIpc) is 2.17. The molecule has 0 amide bonds. The second-order valence-electron chi connectivity index (χ2n) is 2.99. The van der Waals surface area contributed by atoms with E-state index in [9.17, 15) is 9.90 Å². The number of rotatable bonds is 3. The highest BCUT2D eigenvalue weighted by Crippen LogP contribution is 2.21. The summed E-state index contributed by atoms with van der Waals surface area (Å²) >= 11 is 5.68. The predicted octanol–water partition coefficient (Wildman–Crippen LogP) is 2.21. The van der Waals surface area contributed by atoms with Crippen LogP contribution in [0.15, 0.2) is 24.3 Å². The molecule has 0 radical (unpaired) electrons. The van der Waals surface area contributed by atoms with Gasteiger partial charge in [-0.2, -0.15) is 0 Å². The number of hydrogen-bond donors (Lipinski definition) is 1. The zero-order chi connectivity index (χ0) is 9.84. The fourth-order valence-corrected chi connectivity index (χ4v) is 1.16. The standard InChI is InChI=1S/C10H11ClO2/c1-7(6-12)10(13)8-2-4-9(11)5-3-8/h2-7,10,13H,1H3/t7-,10+/m1/s1. The Labute approximate surface area is 82.2 Å². The van der Waals surface area contributed by atoms with E-state index in [1.165, 1.54) is 0 Å². The van der Waals surface area contributed by atoms with Crippen LogP contribution in [-0.2, 0) is 4.79 Å². The highest BCUT2D eigenvalue weighted by atomic mass is 35.5. The monoisotopic (exact) mass is 198 g/mol. The highest BCUT2D eigenvalue weighted by Gasteiger charge is 2.14. The van der Waals surface area contributed by atoms with Crippen LogP contribution in [0.1, 0.15) is 18.6 Å². The summed E-state index contributed by atoms with van der Waals surface area (Å²) in [5.41, 5.74) is 0.712. The molecule has 13 heavy (non-hydrogen) atoms. The smallest absolute Gasteiger partial charge is 0.125 e. The molecule has 0 aliphatic heterocycles. The van der Waals surface area contributed by atoms with Gasteiger partial charge < -0.3 is 9.90 Å². The van der Waals surface area contributed by atoms with E-state index >= 15 is 0 Å². The SMILES string of the molecule is C[C@H](C=O)[C@H](O)c1ccc(Cl)cc1. The quantitative estimate of drug-likeness (QED) is 0.757. The number of carbonyl (C=O) groups is 1. The molecule has 1 rings (SSSR count). The summed E-state index contributed by atoms with van der Waals surface area (Å²) in [4.78, 5) is 10.4. The van der Waals surface area contributed by atoms with Gasteiger partial charge in [0.15, 0.2) is 0 Å². The number of benzene rings is 1. The van der Waals surface area contributed by atoms with Crippen LogP contribution in [0.4, 0.5) is 0 Å². The molecule has 3 heteroatoms. The van der Waals surface area contributed by atoms with Gasteiger partial charge in [0.2, 0.25) is 0 Å². The Morgan fingerprint density at radius 3 is 2.38 bits per heavy atom. The molecule has 0 bridgehead atoms. The van der Waals surface area contributed by atoms with E-state index in [1.807, 2.05) is 0 Å². The summed E-state index contributed by atoms with van der Waals surface area (Å²) in [5, 5.41) is 10.2. The van der Waals surface area contributed by atoms with E-state index in [1.54, 1.807) is 31.2 Å². The van der Waals surface area contributed by atoms with E-state index in [0.717, 1.165) is 6.29 Å². The van der Waals surface area contributed by atoms with Gasteiger partial charge in [0.25, 0.3) is 0 Å². The maximum absolute atomic E-state index is 10.4. The van der Waals surface area contributed by atoms with Crippen LogP contribution in [0.25, 0.3) is 0 Å². The van der Waals surface area contributed by atoms with Crippen molar-refractivity contribution in [2.45, 2.75) is 13.0 Å². The Morgan fingerprint density at radius 1 is 1.38 bits per heavy atom. The van der Waals surface area contributed by atoms with Crippen molar-refractivity contribution in [3.63, 3.8) is 0 Å². The van der Waals surface area contributed by atoms with E-state index < -0.39 is 6.10 Å². The number of carbonyl (C=O) groups excluding carboxylic acids is 1. The lowest BCUT2D eigenvalue weighted by Crippen LogP contribution is -2.09. The van der Waals surface area contributed by atoms with Crippen LogP contribution in [0.3, 0.4) is 0 Å². The van der Waals surface area contributed by atoms with Gasteiger partial charge in [-0.25, -0.2) is 0 Å². The first-order valence-electron chi connectivity index (χ1n) is 4.04. The summed E-state index contributed by atoms with van der Waals surface area (Å²) in [7, 11) is 0. The van der Waals surface area contributed by atoms with Gasteiger partial charge in [0.05, 0.1) is 6.10 Å². The van der Waals surface area contributed by atoms with Crippen LogP contribution < -0.4 is 0 Å². The fraction of sp³-hybridized carbons (Fsp3) is 0.300. The minimum atomic E-state index is -0.741. The number of hydrogen-bond acceptors (Lipinski definition) is 2. The molecule has 0 fully saturated rings. The van der Waals surface area contributed by atoms with Crippen molar-refractivity contribution in [3.05, 3.63) is 34.9 Å². The highest BCUT2D eigenvalue weighted by molar-refractivity contribution is 6.30. The van der Waals surface area contributed by atoms with Gasteiger partial charge >= 0.3 is 0 Å². The largest absolute Gasteiger partial charge is 0.388 e. The zero-order valence-corrected chi connectivity index (χ0v) is 8.03. The van der Waals surface area contributed by atoms with Crippen molar-refractivity contribution in [2.75, 3.05) is 0 Å². The van der Waals surface area contributed by atoms with Gasteiger partial charge in [-0.15, -0.1) is 0 Å². The molecule has 1 aromatic rings. The average molecular weight is 199 g/mol. The summed E-state index contributed by atoms with van der Waals surface area (Å²) in [6.07, 6.45) is -0.00557. The number of halogens is 1. The van der Waals surface area contributed by atoms with E-state index in [-0.39, 0.29) is 5.92 Å². The van der Waals surface area contributed by atoms with Crippen LogP contribution >= 0.6 is 11.6 Å². The lowest BCUT2D eigenvalue weighted by molar-refractivity contribution is -0.113. The Hall–Kier alpha value is -0.860. The predicted molar refractivity (Wildman–Crippen MR) is 51.6 cm³/mol. The normalized spacial score (nSPS) is 15.0. The molecule has 70 valence electrons. The van der Waals surface area contributed by atoms with Crippen molar-refractivity contribution in [2.24, 2.45) is 5.92 Å². The van der Waals surface area contributed by atoms with Crippen molar-refractivity contribution in [1.29, 1.82) is 0 Å². The minimum Gasteiger partial charge on any atom is -0.388 e. The van der Waals surface area contributed by atoms with Crippen molar-refractivity contribution in [1.82, 2.24) is 0 Å². The molecule has 2 atom stereocenters. The second kappa shape index (κ2) is 4.40. The van der Waals surface area contributed by atoms with Crippen molar-refractivity contribution in [3.8, 4) is 0 Å². The zero-order valence-electron chi connectivity index (χ0n) is 7.27. The van der Waals surface area contributed by atoms with E-state index in [2.05, 4.69) is 0 Å². The first-order chi connectivity index (χ1) is 6.15. The Morgan fingerprint density at radius 2 is 1.92 bits per heavy atom. The van der Waals surface area contributed by atoms with Gasteiger partial charge in [0, 0.05) is 10.9 Å². The molecular weight excluding hydrogens is 188 g/mol. The lowest BCUT2D eigenvalue weighted by Gasteiger charge is -2.13. The van der Waals surface area contributed by atoms with Gasteiger partial charge in [-0.05, 0) is 17.7 Å². The molecule has 0 saturated heterocycles. The number of aliphatic hydroxyl groups excluding tert-OH is 1. The molecule has 1 aromatic carbocycles. The number of aldehydes is 1. The molecule has 0 aliphatic rings. The van der Waals surface area contributed by atoms with Gasteiger partial charge in [-0.1, -0.05) is 30.7 Å². The second-order valence-corrected chi connectivity index (χ2v) is 3.43. The molecular formula is C10H11ClO2. The third kappa shape index (κ3) is 2.54. The van der Waals surface area contributed by atoms with Crippen LogP contribution in [0.5, 0.6) is 0 Å². The Balaban J connectivity index is 2.82. The molecule has 0 aliphatic carbocycles. The molecule has 0 aromatic heterocycles. The Kier molecular flexibility index (Phi) is 3.46. The summed E-state index contributed by atoms with van der Waals surface area (Å²) < 4.78 is 0. The van der Waals surface area contributed by atoms with Crippen molar-refractivity contribution < 1.29 is 9.90 Å². The molecule has 2 nitrogen and oxygen atoms in total. The number of aliphatic hydroxyl groups is 1. The van der Waals surface area contributed by atoms with E-state index in [4.69, 9.17) is 11.6 Å². The van der Waals surface area contributed by atoms with Crippen molar-refractivity contribution >= 4 is 17.9 Å². The third-order valence-electron chi connectivity index (χ3n) is 1.92. The topological polar surface area (TPSA) is 37.3 Å². The summed E-state index contributed by atoms with van der Waals surface area (Å²) in [6, 6.07) is 6.81. The fourth-order valence-electron chi connectivity index (χ4n) is 1.04. The molecule has 0 saturated carbocycles. The lowest BCUT2D eigenvalue weighted by atomic mass is 9.99. The van der Waals surface area contributed by atoms with E-state index in [0.29, 0.717) is 10.6 Å².